The molecule has 188 valence electrons. The van der Waals surface area contributed by atoms with Gasteiger partial charge in [-0.2, -0.15) is 0 Å². The molecule has 0 aliphatic carbocycles. The van der Waals surface area contributed by atoms with Gasteiger partial charge in [-0.25, -0.2) is 0 Å². The summed E-state index contributed by atoms with van der Waals surface area (Å²) in [6, 6.07) is 12.9. The monoisotopic (exact) mass is 535 g/mol. The van der Waals surface area contributed by atoms with Crippen LogP contribution in [0.1, 0.15) is 48.0 Å². The van der Waals surface area contributed by atoms with E-state index in [0.29, 0.717) is 26.5 Å². The highest BCUT2D eigenvalue weighted by Gasteiger charge is 2.36. The molecule has 0 aromatic heterocycles. The molecule has 0 unspecified atom stereocenters. The Balaban J connectivity index is 1.51. The van der Waals surface area contributed by atoms with Crippen molar-refractivity contribution in [2.45, 2.75) is 38.1 Å². The highest BCUT2D eigenvalue weighted by molar-refractivity contribution is 6.42. The maximum Gasteiger partial charge on any atom is 0.253 e. The molecule has 2 aliphatic rings. The Kier molecular flexibility index (Phi) is 8.64. The van der Waals surface area contributed by atoms with Crippen molar-refractivity contribution in [1.29, 1.82) is 0 Å². The number of likely N-dealkylation sites (N-methyl/N-ethyl adjacent to an activating group) is 1. The van der Waals surface area contributed by atoms with Crippen LogP contribution in [0.2, 0.25) is 15.1 Å². The van der Waals surface area contributed by atoms with E-state index in [9.17, 15) is 9.59 Å². The van der Waals surface area contributed by atoms with Gasteiger partial charge in [-0.15, -0.1) is 0 Å². The van der Waals surface area contributed by atoms with Crippen LogP contribution in [0.4, 0.5) is 0 Å². The van der Waals surface area contributed by atoms with Crippen LogP contribution in [0.3, 0.4) is 0 Å². The van der Waals surface area contributed by atoms with Crippen LogP contribution in [0.5, 0.6) is 0 Å². The zero-order valence-electron chi connectivity index (χ0n) is 20.2. The molecule has 2 fully saturated rings. The molecule has 0 N–H and O–H groups in total. The van der Waals surface area contributed by atoms with Crippen LogP contribution in [0.15, 0.2) is 42.5 Å². The van der Waals surface area contributed by atoms with E-state index in [2.05, 4.69) is 4.90 Å². The lowest BCUT2D eigenvalue weighted by molar-refractivity contribution is -0.130. The van der Waals surface area contributed by atoms with Gasteiger partial charge in [-0.05, 0) is 67.1 Å². The lowest BCUT2D eigenvalue weighted by Crippen LogP contribution is -2.51. The number of halogens is 3. The maximum absolute atomic E-state index is 13.3. The largest absolute Gasteiger partial charge is 0.343 e. The van der Waals surface area contributed by atoms with E-state index in [1.54, 1.807) is 31.2 Å². The van der Waals surface area contributed by atoms with Gasteiger partial charge in [-0.1, -0.05) is 40.9 Å². The first-order valence-electron chi connectivity index (χ1n) is 12.2. The Morgan fingerprint density at radius 1 is 0.943 bits per heavy atom. The van der Waals surface area contributed by atoms with Gasteiger partial charge in [0.05, 0.1) is 10.0 Å². The Morgan fingerprint density at radius 2 is 1.63 bits per heavy atom. The molecule has 8 heteroatoms. The van der Waals surface area contributed by atoms with Crippen molar-refractivity contribution in [3.63, 3.8) is 0 Å². The van der Waals surface area contributed by atoms with Gasteiger partial charge in [0, 0.05) is 69.2 Å². The molecule has 2 atom stereocenters. The van der Waals surface area contributed by atoms with E-state index >= 15 is 0 Å². The summed E-state index contributed by atoms with van der Waals surface area (Å²) >= 11 is 18.6. The zero-order chi connectivity index (χ0) is 25.1. The number of rotatable bonds is 5. The zero-order valence-corrected chi connectivity index (χ0v) is 22.5. The van der Waals surface area contributed by atoms with Crippen LogP contribution < -0.4 is 0 Å². The summed E-state index contributed by atoms with van der Waals surface area (Å²) in [5.41, 5.74) is 1.72. The Bertz CT molecular complexity index is 1050. The number of hydrogen-bond acceptors (Lipinski definition) is 3. The fourth-order valence-corrected chi connectivity index (χ4v) is 5.88. The summed E-state index contributed by atoms with van der Waals surface area (Å²) in [6.45, 7) is 6.09. The van der Waals surface area contributed by atoms with Crippen molar-refractivity contribution < 1.29 is 9.59 Å². The van der Waals surface area contributed by atoms with Crippen molar-refractivity contribution in [3.8, 4) is 0 Å². The quantitative estimate of drug-likeness (QED) is 0.482. The molecule has 4 rings (SSSR count). The second kappa shape index (κ2) is 11.5. The van der Waals surface area contributed by atoms with Crippen LogP contribution in [0, 0.1) is 5.92 Å². The molecule has 2 saturated heterocycles. The van der Waals surface area contributed by atoms with Crippen LogP contribution in [-0.2, 0) is 4.79 Å². The number of benzene rings is 2. The maximum atomic E-state index is 13.3. The molecule has 0 radical (unpaired) electrons. The van der Waals surface area contributed by atoms with E-state index in [-0.39, 0.29) is 23.8 Å². The van der Waals surface area contributed by atoms with E-state index in [0.717, 1.165) is 57.5 Å². The molecule has 2 aromatic carbocycles. The molecule has 35 heavy (non-hydrogen) atoms. The van der Waals surface area contributed by atoms with Gasteiger partial charge in [0.25, 0.3) is 5.91 Å². The smallest absolute Gasteiger partial charge is 0.253 e. The second-order valence-corrected chi connectivity index (χ2v) is 11.0. The van der Waals surface area contributed by atoms with Crippen molar-refractivity contribution in [1.82, 2.24) is 14.7 Å². The van der Waals surface area contributed by atoms with Gasteiger partial charge in [-0.3, -0.25) is 9.59 Å². The number of likely N-dealkylation sites (tertiary alicyclic amines) is 2. The van der Waals surface area contributed by atoms with Crippen molar-refractivity contribution >= 4 is 46.6 Å². The van der Waals surface area contributed by atoms with Crippen LogP contribution >= 0.6 is 34.8 Å². The van der Waals surface area contributed by atoms with Gasteiger partial charge >= 0.3 is 0 Å². The summed E-state index contributed by atoms with van der Waals surface area (Å²) in [4.78, 5) is 31.3. The van der Waals surface area contributed by atoms with E-state index < -0.39 is 0 Å². The number of piperidine rings is 2. The topological polar surface area (TPSA) is 43.9 Å². The average molecular weight is 537 g/mol. The Labute approximate surface area is 222 Å². The third-order valence-corrected chi connectivity index (χ3v) is 8.51. The summed E-state index contributed by atoms with van der Waals surface area (Å²) in [5, 5.41) is 1.67. The second-order valence-electron chi connectivity index (χ2n) is 9.77. The van der Waals surface area contributed by atoms with Crippen molar-refractivity contribution in [3.05, 3.63) is 68.7 Å². The molecule has 0 saturated carbocycles. The fraction of sp³-hybridized carbons (Fsp3) is 0.481. The highest BCUT2D eigenvalue weighted by Crippen LogP contribution is 2.35. The first-order valence-corrected chi connectivity index (χ1v) is 13.3. The van der Waals surface area contributed by atoms with Crippen LogP contribution in [-0.4, -0.2) is 72.3 Å². The number of hydrogen-bond donors (Lipinski definition) is 0. The molecular formula is C27H32Cl3N3O2. The Hall–Kier alpha value is -1.79. The SMILES string of the molecule is CC(=O)N1CCC(CN2CC[C@@H](N(C)C(=O)c3ccc(Cl)cc3)[C@H](c3ccc(Cl)c(Cl)c3)C2)CC1. The molecule has 0 bridgehead atoms. The van der Waals surface area contributed by atoms with Crippen molar-refractivity contribution in [2.24, 2.45) is 5.92 Å². The first-order chi connectivity index (χ1) is 16.7. The summed E-state index contributed by atoms with van der Waals surface area (Å²) in [5.74, 6) is 0.834. The third-order valence-electron chi connectivity index (χ3n) is 7.52. The minimum atomic E-state index is -0.0122. The minimum absolute atomic E-state index is 0.0122. The number of carbonyl (C=O) groups excluding carboxylic acids is 2. The van der Waals surface area contributed by atoms with E-state index in [4.69, 9.17) is 34.8 Å². The predicted molar refractivity (Wildman–Crippen MR) is 143 cm³/mol. The van der Waals surface area contributed by atoms with Gasteiger partial charge < -0.3 is 14.7 Å². The summed E-state index contributed by atoms with van der Waals surface area (Å²) in [6.07, 6.45) is 2.94. The molecule has 2 amide bonds. The number of nitrogens with zero attached hydrogens (tertiary/aromatic N) is 3. The van der Waals surface area contributed by atoms with Gasteiger partial charge in [0.15, 0.2) is 0 Å². The number of amides is 2. The molecule has 0 spiro atoms. The summed E-state index contributed by atoms with van der Waals surface area (Å²) < 4.78 is 0. The first kappa shape index (κ1) is 26.3. The number of carbonyl (C=O) groups is 2. The van der Waals surface area contributed by atoms with Gasteiger partial charge in [0.2, 0.25) is 5.91 Å². The van der Waals surface area contributed by atoms with Gasteiger partial charge in [0.1, 0.15) is 0 Å². The molecular weight excluding hydrogens is 505 g/mol. The predicted octanol–water partition coefficient (Wildman–Crippen LogP) is 5.84. The standard InChI is InChI=1S/C27H32Cl3N3O2/c1-18(34)33-13-9-19(10-14-33)16-32-12-11-26(23(17-32)21-5-8-24(29)25(30)15-21)31(2)27(35)20-3-6-22(28)7-4-20/h3-8,15,19,23,26H,9-14,16-17H2,1-2H3/t23-,26+/m0/s1. The van der Waals surface area contributed by atoms with E-state index in [1.165, 1.54) is 0 Å². The molecule has 2 aromatic rings. The lowest BCUT2D eigenvalue weighted by Gasteiger charge is -2.44. The van der Waals surface area contributed by atoms with Crippen LogP contribution in [0.25, 0.3) is 0 Å². The average Bonchev–Trinajstić information content (AvgIpc) is 2.85. The van der Waals surface area contributed by atoms with Crippen molar-refractivity contribution in [2.75, 3.05) is 39.8 Å². The fourth-order valence-electron chi connectivity index (χ4n) is 5.45. The molecule has 2 aliphatic heterocycles. The Morgan fingerprint density at radius 3 is 2.26 bits per heavy atom. The minimum Gasteiger partial charge on any atom is -0.343 e. The lowest BCUT2D eigenvalue weighted by atomic mass is 9.84. The molecule has 2 heterocycles. The third kappa shape index (κ3) is 6.32. The normalized spacial score (nSPS) is 21.7. The summed E-state index contributed by atoms with van der Waals surface area (Å²) in [7, 11) is 1.89. The molecule has 5 nitrogen and oxygen atoms in total. The van der Waals surface area contributed by atoms with E-state index in [1.807, 2.05) is 35.0 Å². The highest BCUT2D eigenvalue weighted by atomic mass is 35.5.